The number of fused-ring (bicyclic) bond motifs is 4. The number of phenols is 6. The van der Waals surface area contributed by atoms with E-state index in [0.29, 0.717) is 78.9 Å². The first kappa shape index (κ1) is 98.3. The maximum absolute atomic E-state index is 12.0. The Labute approximate surface area is 718 Å². The minimum Gasteiger partial charge on any atom is -0.508 e. The zero-order valence-corrected chi connectivity index (χ0v) is 77.1. The number of hydrogen-bond donors (Lipinski definition) is 8. The van der Waals surface area contributed by atoms with Crippen LogP contribution in [-0.4, -0.2) is 59.6 Å². The maximum atomic E-state index is 12.0. The van der Waals surface area contributed by atoms with Crippen LogP contribution in [-0.2, 0) is 21.7 Å². The predicted octanol–water partition coefficient (Wildman–Crippen LogP) is 28.1. The average Bonchev–Trinajstić information content (AvgIpc) is 1.55. The summed E-state index contributed by atoms with van der Waals surface area (Å²) in [6.07, 6.45) is 21.9. The zero-order valence-electron chi connectivity index (χ0n) is 77.1. The number of aliphatic hydroxyl groups excluding tert-OH is 1. The molecule has 2 saturated carbocycles. The third-order valence-electron chi connectivity index (χ3n) is 23.8. The maximum Gasteiger partial charge on any atom is 0.235 e. The number of pyridine rings is 1. The van der Waals surface area contributed by atoms with Gasteiger partial charge in [0.25, 0.3) is 0 Å². The van der Waals surface area contributed by atoms with Crippen molar-refractivity contribution >= 4 is 21.9 Å². The molecule has 0 saturated heterocycles. The summed E-state index contributed by atoms with van der Waals surface area (Å²) >= 11 is 0. The largest absolute Gasteiger partial charge is 0.508 e. The highest BCUT2D eigenvalue weighted by Crippen LogP contribution is 2.71. The summed E-state index contributed by atoms with van der Waals surface area (Å²) < 4.78 is 10.7. The fraction of sp³-hybridized carbons (Fsp3) is 0.407. The summed E-state index contributed by atoms with van der Waals surface area (Å²) in [6.45, 7) is 56.3. The monoisotopic (exact) mass is 1630 g/mol. The van der Waals surface area contributed by atoms with Crippen molar-refractivity contribution in [2.24, 2.45) is 22.2 Å². The third-order valence-corrected chi connectivity index (χ3v) is 23.8. The van der Waals surface area contributed by atoms with E-state index in [1.807, 2.05) is 98.8 Å². The highest BCUT2D eigenvalue weighted by atomic mass is 16.5. The van der Waals surface area contributed by atoms with Crippen LogP contribution in [0, 0.1) is 49.9 Å². The Hall–Kier alpha value is -10.6. The van der Waals surface area contributed by atoms with Crippen molar-refractivity contribution in [3.8, 4) is 57.3 Å². The van der Waals surface area contributed by atoms with Crippen LogP contribution < -0.4 is 10.2 Å². The summed E-state index contributed by atoms with van der Waals surface area (Å²) in [5, 5.41) is 78.3. The highest BCUT2D eigenvalue weighted by Gasteiger charge is 2.61. The molecule has 0 aliphatic heterocycles. The molecule has 0 amide bonds. The van der Waals surface area contributed by atoms with Crippen molar-refractivity contribution in [1.82, 2.24) is 4.98 Å². The van der Waals surface area contributed by atoms with Gasteiger partial charge in [-0.05, 0) is 259 Å². The van der Waals surface area contributed by atoms with Crippen molar-refractivity contribution in [1.29, 1.82) is 0 Å². The molecule has 10 aromatic rings. The fourth-order valence-corrected chi connectivity index (χ4v) is 15.9. The number of aryl methyl sites for hydroxylation is 4. The van der Waals surface area contributed by atoms with Gasteiger partial charge in [-0.25, -0.2) is 0 Å². The van der Waals surface area contributed by atoms with E-state index in [1.54, 1.807) is 98.2 Å². The van der Waals surface area contributed by atoms with Crippen LogP contribution >= 0.6 is 0 Å². The van der Waals surface area contributed by atoms with Crippen LogP contribution in [0.2, 0.25) is 0 Å². The van der Waals surface area contributed by atoms with E-state index in [1.165, 1.54) is 83.1 Å². The number of benzene rings is 8. The second-order valence-corrected chi connectivity index (χ2v) is 38.5. The summed E-state index contributed by atoms with van der Waals surface area (Å²) in [7, 11) is 1.62. The summed E-state index contributed by atoms with van der Waals surface area (Å²) in [6, 6.07) is 51.9. The number of aromatic nitrogens is 1. The van der Waals surface area contributed by atoms with Crippen LogP contribution in [0.25, 0.3) is 33.2 Å². The number of rotatable bonds is 9. The van der Waals surface area contributed by atoms with Crippen molar-refractivity contribution in [3.05, 3.63) is 301 Å². The van der Waals surface area contributed by atoms with Gasteiger partial charge >= 0.3 is 0 Å². The van der Waals surface area contributed by atoms with Gasteiger partial charge in [0.1, 0.15) is 51.3 Å². The lowest BCUT2D eigenvalue weighted by Gasteiger charge is -2.40. The van der Waals surface area contributed by atoms with Gasteiger partial charge in [0, 0.05) is 22.7 Å². The Morgan fingerprint density at radius 2 is 1.18 bits per heavy atom. The van der Waals surface area contributed by atoms with Crippen LogP contribution in [0.4, 0.5) is 0 Å². The molecule has 12 nitrogen and oxygen atoms in total. The molecule has 644 valence electrons. The normalized spacial score (nSPS) is 16.8. The SMILES string of the molecule is CC(C)(C)c1ccc(O)cc1.CC1=C(/C=C/C(C)=C/C=C/C(C)=C/CO)C(C)(C)CCC1.COc1ccc(O)c(C(C)(C)C)c1.Cc1cc(C(C)(C)C)c(O)c(C(C)(C)C)c1.Cc1cc(O)c(C2CC3CCC2(C)C3(C)C)cc1C.Cc1ccc(C(C)C)c(O)c1.O=c1c(O)c(-c2ccccc2)oc2ccccc12.Oc1cccc2cccnc12. The Kier molecular flexibility index (Phi) is 34.5. The minimum absolute atomic E-state index is 0.0178. The van der Waals surface area contributed by atoms with Crippen molar-refractivity contribution in [2.45, 2.75) is 252 Å². The Morgan fingerprint density at radius 1 is 0.583 bits per heavy atom. The molecular weight excluding hydrogens is 1490 g/mol. The molecule has 3 aliphatic rings. The number of methoxy groups -OCH3 is 1. The Bertz CT molecular complexity index is 5230. The van der Waals surface area contributed by atoms with Gasteiger partial charge in [0.2, 0.25) is 11.2 Å². The number of ether oxygens (including phenoxy) is 1. The van der Waals surface area contributed by atoms with Gasteiger partial charge in [0.05, 0.1) is 19.1 Å². The molecule has 2 heterocycles. The van der Waals surface area contributed by atoms with E-state index < -0.39 is 5.43 Å². The number of aromatic hydroxyl groups is 7. The predicted molar refractivity (Wildman–Crippen MR) is 503 cm³/mol. The molecule has 3 unspecified atom stereocenters. The van der Waals surface area contributed by atoms with Crippen molar-refractivity contribution in [2.75, 3.05) is 13.7 Å². The minimum atomic E-state index is -0.407. The van der Waals surface area contributed by atoms with Crippen molar-refractivity contribution < 1.29 is 50.0 Å². The molecule has 2 fully saturated rings. The molecule has 12 heteroatoms. The van der Waals surface area contributed by atoms with E-state index in [4.69, 9.17) is 19.4 Å². The lowest BCUT2D eigenvalue weighted by Crippen LogP contribution is -2.31. The van der Waals surface area contributed by atoms with Gasteiger partial charge in [-0.2, -0.15) is 0 Å². The number of hydrogen-bond acceptors (Lipinski definition) is 12. The first-order chi connectivity index (χ1) is 55.9. The fourth-order valence-electron chi connectivity index (χ4n) is 15.9. The zero-order chi connectivity index (χ0) is 89.8. The first-order valence-corrected chi connectivity index (χ1v) is 42.3. The molecule has 3 atom stereocenters. The topological polar surface area (TPSA) is 214 Å². The van der Waals surface area contributed by atoms with Crippen LogP contribution in [0.15, 0.2) is 244 Å². The van der Waals surface area contributed by atoms with Gasteiger partial charge < -0.3 is 50.0 Å². The molecule has 8 N–H and O–H groups in total. The van der Waals surface area contributed by atoms with E-state index in [2.05, 4.69) is 208 Å². The number of nitrogens with zero attached hydrogens (tertiary/aromatic N) is 1. The second-order valence-electron chi connectivity index (χ2n) is 38.5. The lowest BCUT2D eigenvalue weighted by molar-refractivity contribution is 0.133. The molecule has 0 radical (unpaired) electrons. The van der Waals surface area contributed by atoms with Crippen LogP contribution in [0.3, 0.4) is 0 Å². The Morgan fingerprint density at radius 3 is 1.73 bits per heavy atom. The molecule has 3 aliphatic carbocycles. The van der Waals surface area contributed by atoms with E-state index in [-0.39, 0.29) is 45.5 Å². The smallest absolute Gasteiger partial charge is 0.235 e. The molecular formula is C108H141NO11. The van der Waals surface area contributed by atoms with Gasteiger partial charge in [0.15, 0.2) is 5.76 Å². The van der Waals surface area contributed by atoms with E-state index >= 15 is 0 Å². The number of allylic oxidation sites excluding steroid dienone is 9. The summed E-state index contributed by atoms with van der Waals surface area (Å²) in [5.41, 5.74) is 19.2. The molecule has 8 aromatic carbocycles. The lowest BCUT2D eigenvalue weighted by atomic mass is 9.65. The molecule has 0 spiro atoms. The second kappa shape index (κ2) is 42.1. The van der Waals surface area contributed by atoms with Crippen LogP contribution in [0.1, 0.15) is 258 Å². The molecule has 13 rings (SSSR count). The molecule has 2 bridgehead atoms. The number of aliphatic hydroxyl groups is 1. The number of para-hydroxylation sites is 2. The Balaban J connectivity index is 0.000000215. The van der Waals surface area contributed by atoms with Crippen molar-refractivity contribution in [3.63, 3.8) is 0 Å². The quantitative estimate of drug-likeness (QED) is 0.0634. The first-order valence-electron chi connectivity index (χ1n) is 42.3. The average molecular weight is 1630 g/mol. The standard InChI is InChI=1S/C20H30O.C18H26O.C15H10O3.C15H24O.C11H16O2.2C10H14O.C9H7NO/c1-16(8-6-9-17(2)13-15-21)11-12-19-18(3)10-7-14-20(19,4)5;1-11-8-14(16(19)9-12(11)2)15-10-13-6-7-18(15,5)17(13,3)4;16-13-11-8-4-5-9-12(11)18-15(14(13)17)10-6-2-1-3-7-10;1-10-8-11(14(2,3)4)13(16)12(9-10)15(5,6)7;1-11(2,3)9-7-8(13-4)5-6-10(9)12;1-10(2,3)8-4-6-9(11)7-5-8;1-7(2)9-5-4-8(3)6-10(9)11;11-8-5-1-3-7-4-2-6-10-9(7)8/h6,8-9,11-13,21H,7,10,14-15H2,1-5H3;8-9,13,15,19H,6-7,10H2,1-5H3;1-9,17H;8-9,16H,1-7H3;5-7,12H,1-4H3;2*4-7,11H,1-3H3;1-6,11H/b9-6+,12-11+,16-8+,17-13+;;;;;;;. The summed E-state index contributed by atoms with van der Waals surface area (Å²) in [5.74, 6) is 4.68. The van der Waals surface area contributed by atoms with Gasteiger partial charge in [-0.3, -0.25) is 9.78 Å². The molecule has 120 heavy (non-hydrogen) atoms. The van der Waals surface area contributed by atoms with Crippen LogP contribution in [0.5, 0.6) is 46.0 Å². The van der Waals surface area contributed by atoms with Gasteiger partial charge in [-0.1, -0.05) is 293 Å². The highest BCUT2D eigenvalue weighted by molar-refractivity contribution is 5.84. The van der Waals surface area contributed by atoms with E-state index in [9.17, 15) is 35.4 Å². The summed E-state index contributed by atoms with van der Waals surface area (Å²) in [4.78, 5) is 16.0. The van der Waals surface area contributed by atoms with Gasteiger partial charge in [-0.15, -0.1) is 0 Å². The van der Waals surface area contributed by atoms with E-state index in [0.717, 1.165) is 50.4 Å². The number of phenolic OH excluding ortho intramolecular Hbond substituents is 6. The molecule has 2 aromatic heterocycles. The third kappa shape index (κ3) is 26.7.